The average Bonchev–Trinajstić information content (AvgIpc) is 2.91. The molecule has 1 aliphatic rings. The second-order valence-corrected chi connectivity index (χ2v) is 5.27. The Labute approximate surface area is 122 Å². The molecule has 1 aromatic heterocycles. The summed E-state index contributed by atoms with van der Waals surface area (Å²) in [6, 6.07) is 8.78. The molecule has 0 aliphatic carbocycles. The van der Waals surface area contributed by atoms with E-state index in [2.05, 4.69) is 0 Å². The number of nitrogens with zero attached hydrogens (tertiary/aromatic N) is 2. The Balaban J connectivity index is 1.87. The van der Waals surface area contributed by atoms with E-state index in [1.807, 2.05) is 25.4 Å². The second-order valence-electron chi connectivity index (χ2n) is 5.27. The lowest BCUT2D eigenvalue weighted by atomic mass is 9.97. The molecule has 21 heavy (non-hydrogen) atoms. The molecule has 1 amide bonds. The summed E-state index contributed by atoms with van der Waals surface area (Å²) in [6.45, 7) is 1.11. The molecule has 1 aliphatic heterocycles. The zero-order valence-corrected chi connectivity index (χ0v) is 11.7. The number of amides is 1. The van der Waals surface area contributed by atoms with Crippen LogP contribution in [0.1, 0.15) is 32.0 Å². The Morgan fingerprint density at radius 3 is 2.67 bits per heavy atom. The molecule has 1 aromatic carbocycles. The monoisotopic (exact) mass is 284 g/mol. The first-order chi connectivity index (χ1) is 10.1. The number of aryl methyl sites for hydroxylation is 1. The smallest absolute Gasteiger partial charge is 0.335 e. The Morgan fingerprint density at radius 1 is 1.19 bits per heavy atom. The molecular formula is C16H16N2O3. The molecule has 1 N–H and O–H groups in total. The van der Waals surface area contributed by atoms with Crippen LogP contribution in [0.5, 0.6) is 0 Å². The third-order valence-corrected chi connectivity index (χ3v) is 3.92. The van der Waals surface area contributed by atoms with Crippen LogP contribution in [0.2, 0.25) is 0 Å². The number of fused-ring (bicyclic) bond motifs is 1. The van der Waals surface area contributed by atoms with E-state index in [0.717, 1.165) is 17.5 Å². The molecule has 2 aromatic rings. The SMILES string of the molecule is Cn1cccc1C(=O)N1CCc2ccc(C(=O)O)cc2C1. The van der Waals surface area contributed by atoms with Gasteiger partial charge in [0.05, 0.1) is 5.56 Å². The van der Waals surface area contributed by atoms with Crippen LogP contribution < -0.4 is 0 Å². The lowest BCUT2D eigenvalue weighted by molar-refractivity contribution is 0.0696. The van der Waals surface area contributed by atoms with Gasteiger partial charge in [-0.2, -0.15) is 0 Å². The van der Waals surface area contributed by atoms with Crippen molar-refractivity contribution in [3.8, 4) is 0 Å². The Kier molecular flexibility index (Phi) is 3.25. The zero-order valence-electron chi connectivity index (χ0n) is 11.7. The van der Waals surface area contributed by atoms with E-state index in [0.29, 0.717) is 18.8 Å². The minimum atomic E-state index is -0.941. The number of carboxylic acid groups (broad SMARTS) is 1. The van der Waals surface area contributed by atoms with Crippen LogP contribution in [-0.4, -0.2) is 33.0 Å². The van der Waals surface area contributed by atoms with Crippen LogP contribution in [0.4, 0.5) is 0 Å². The third-order valence-electron chi connectivity index (χ3n) is 3.92. The summed E-state index contributed by atoms with van der Waals surface area (Å²) >= 11 is 0. The van der Waals surface area contributed by atoms with Gasteiger partial charge >= 0.3 is 5.97 Å². The van der Waals surface area contributed by atoms with Gasteiger partial charge in [0.2, 0.25) is 0 Å². The topological polar surface area (TPSA) is 62.5 Å². The number of aromatic carboxylic acids is 1. The van der Waals surface area contributed by atoms with Crippen LogP contribution in [0.3, 0.4) is 0 Å². The van der Waals surface area contributed by atoms with E-state index < -0.39 is 5.97 Å². The summed E-state index contributed by atoms with van der Waals surface area (Å²) in [6.07, 6.45) is 2.60. The maximum Gasteiger partial charge on any atom is 0.335 e. The van der Waals surface area contributed by atoms with Gasteiger partial charge in [-0.15, -0.1) is 0 Å². The first kappa shape index (κ1) is 13.4. The zero-order chi connectivity index (χ0) is 15.0. The van der Waals surface area contributed by atoms with E-state index in [1.54, 1.807) is 27.7 Å². The van der Waals surface area contributed by atoms with Gasteiger partial charge < -0.3 is 14.6 Å². The van der Waals surface area contributed by atoms with Crippen molar-refractivity contribution in [3.63, 3.8) is 0 Å². The van der Waals surface area contributed by atoms with Crippen molar-refractivity contribution in [2.24, 2.45) is 7.05 Å². The van der Waals surface area contributed by atoms with Crippen molar-refractivity contribution in [1.82, 2.24) is 9.47 Å². The fourth-order valence-corrected chi connectivity index (χ4v) is 2.71. The third kappa shape index (κ3) is 2.42. The number of carbonyl (C=O) groups excluding carboxylic acids is 1. The molecule has 0 unspecified atom stereocenters. The molecule has 0 atom stereocenters. The van der Waals surface area contributed by atoms with E-state index in [4.69, 9.17) is 5.11 Å². The van der Waals surface area contributed by atoms with Gasteiger partial charge in [-0.25, -0.2) is 4.79 Å². The van der Waals surface area contributed by atoms with E-state index in [-0.39, 0.29) is 11.5 Å². The highest BCUT2D eigenvalue weighted by atomic mass is 16.4. The van der Waals surface area contributed by atoms with Crippen molar-refractivity contribution in [1.29, 1.82) is 0 Å². The maximum atomic E-state index is 12.5. The molecule has 0 bridgehead atoms. The van der Waals surface area contributed by atoms with Crippen molar-refractivity contribution in [3.05, 3.63) is 58.9 Å². The van der Waals surface area contributed by atoms with Crippen LogP contribution in [-0.2, 0) is 20.0 Å². The van der Waals surface area contributed by atoms with Crippen LogP contribution in [0.25, 0.3) is 0 Å². The van der Waals surface area contributed by atoms with Gasteiger partial charge in [0, 0.05) is 26.3 Å². The number of aromatic nitrogens is 1. The molecular weight excluding hydrogens is 268 g/mol. The predicted octanol–water partition coefficient (Wildman–Crippen LogP) is 1.92. The largest absolute Gasteiger partial charge is 0.478 e. The van der Waals surface area contributed by atoms with Gasteiger partial charge in [0.25, 0.3) is 5.91 Å². The number of carbonyl (C=O) groups is 2. The lowest BCUT2D eigenvalue weighted by Crippen LogP contribution is -2.36. The fraction of sp³-hybridized carbons (Fsp3) is 0.250. The summed E-state index contributed by atoms with van der Waals surface area (Å²) in [5.74, 6) is -0.961. The molecule has 3 rings (SSSR count). The number of rotatable bonds is 2. The van der Waals surface area contributed by atoms with Crippen LogP contribution in [0, 0.1) is 0 Å². The minimum Gasteiger partial charge on any atom is -0.478 e. The first-order valence-corrected chi connectivity index (χ1v) is 6.82. The standard InChI is InChI=1S/C16H16N2O3/c1-17-7-2-3-14(17)15(19)18-8-6-11-4-5-12(16(20)21)9-13(11)10-18/h2-5,7,9H,6,8,10H2,1H3,(H,20,21). The van der Waals surface area contributed by atoms with Gasteiger partial charge in [-0.3, -0.25) is 4.79 Å². The maximum absolute atomic E-state index is 12.5. The number of hydrogen-bond donors (Lipinski definition) is 1. The van der Waals surface area contributed by atoms with E-state index >= 15 is 0 Å². The predicted molar refractivity (Wildman–Crippen MR) is 77.3 cm³/mol. The molecule has 0 radical (unpaired) electrons. The Hall–Kier alpha value is -2.56. The van der Waals surface area contributed by atoms with Crippen molar-refractivity contribution >= 4 is 11.9 Å². The molecule has 2 heterocycles. The molecule has 0 fully saturated rings. The highest BCUT2D eigenvalue weighted by Gasteiger charge is 2.23. The molecule has 108 valence electrons. The Bertz CT molecular complexity index is 718. The Morgan fingerprint density at radius 2 is 2.00 bits per heavy atom. The highest BCUT2D eigenvalue weighted by molar-refractivity contribution is 5.93. The van der Waals surface area contributed by atoms with Crippen molar-refractivity contribution in [2.75, 3.05) is 6.54 Å². The molecule has 0 saturated carbocycles. The summed E-state index contributed by atoms with van der Waals surface area (Å²) in [5, 5.41) is 9.06. The number of carboxylic acids is 1. The summed E-state index contributed by atoms with van der Waals surface area (Å²) in [7, 11) is 1.84. The van der Waals surface area contributed by atoms with Gasteiger partial charge in [0.15, 0.2) is 0 Å². The van der Waals surface area contributed by atoms with E-state index in [9.17, 15) is 9.59 Å². The lowest BCUT2D eigenvalue weighted by Gasteiger charge is -2.29. The van der Waals surface area contributed by atoms with Gasteiger partial charge in [0.1, 0.15) is 5.69 Å². The van der Waals surface area contributed by atoms with Gasteiger partial charge in [-0.1, -0.05) is 6.07 Å². The van der Waals surface area contributed by atoms with E-state index in [1.165, 1.54) is 0 Å². The molecule has 0 saturated heterocycles. The van der Waals surface area contributed by atoms with Crippen molar-refractivity contribution < 1.29 is 14.7 Å². The summed E-state index contributed by atoms with van der Waals surface area (Å²) in [5.41, 5.74) is 2.95. The van der Waals surface area contributed by atoms with Crippen LogP contribution >= 0.6 is 0 Å². The molecule has 0 spiro atoms. The fourth-order valence-electron chi connectivity index (χ4n) is 2.71. The van der Waals surface area contributed by atoms with Crippen LogP contribution in [0.15, 0.2) is 36.5 Å². The summed E-state index contributed by atoms with van der Waals surface area (Å²) < 4.78 is 1.80. The number of benzene rings is 1. The summed E-state index contributed by atoms with van der Waals surface area (Å²) in [4.78, 5) is 25.3. The minimum absolute atomic E-state index is 0.0196. The molecule has 5 heteroatoms. The average molecular weight is 284 g/mol. The second kappa shape index (κ2) is 5.09. The number of hydrogen-bond acceptors (Lipinski definition) is 2. The molecule has 5 nitrogen and oxygen atoms in total. The van der Waals surface area contributed by atoms with Crippen molar-refractivity contribution in [2.45, 2.75) is 13.0 Å². The normalized spacial score (nSPS) is 13.9. The highest BCUT2D eigenvalue weighted by Crippen LogP contribution is 2.22. The first-order valence-electron chi connectivity index (χ1n) is 6.82. The quantitative estimate of drug-likeness (QED) is 0.916. The van der Waals surface area contributed by atoms with Gasteiger partial charge in [-0.05, 0) is 41.8 Å².